The number of fused-ring (bicyclic) bond motifs is 1. The van der Waals surface area contributed by atoms with Gasteiger partial charge in [-0.25, -0.2) is 5.43 Å². The van der Waals surface area contributed by atoms with Crippen LogP contribution in [-0.2, 0) is 0 Å². The molecule has 0 unspecified atom stereocenters. The standard InChI is InChI=1S/C28H21N3O5/c1-18-9-5-6-12-20(18)26-21-13-7-8-14-23(21)36-27(19-10-3-2-4-11-19)22(26)17-29-30-28(32)24-15-16-25(35-24)31(33)34/h2-17,26H,1H3,(H,30,32)/b29-17-/t26-/m0/s1. The Kier molecular flexibility index (Phi) is 6.15. The lowest BCUT2D eigenvalue weighted by molar-refractivity contribution is -0.402. The molecule has 0 bridgehead atoms. The van der Waals surface area contributed by atoms with Gasteiger partial charge < -0.3 is 9.15 Å². The number of hydrogen-bond acceptors (Lipinski definition) is 6. The molecule has 178 valence electrons. The summed E-state index contributed by atoms with van der Waals surface area (Å²) in [6.45, 7) is 2.05. The van der Waals surface area contributed by atoms with Crippen LogP contribution in [0.25, 0.3) is 5.76 Å². The first-order valence-corrected chi connectivity index (χ1v) is 11.2. The molecule has 2 heterocycles. The van der Waals surface area contributed by atoms with Crippen LogP contribution in [0.5, 0.6) is 5.75 Å². The summed E-state index contributed by atoms with van der Waals surface area (Å²) in [4.78, 5) is 22.6. The predicted octanol–water partition coefficient (Wildman–Crippen LogP) is 5.85. The number of aryl methyl sites for hydroxylation is 1. The molecule has 8 heteroatoms. The topological polar surface area (TPSA) is 107 Å². The molecule has 36 heavy (non-hydrogen) atoms. The second-order valence-corrected chi connectivity index (χ2v) is 8.17. The number of carbonyl (C=O) groups is 1. The van der Waals surface area contributed by atoms with Crippen molar-refractivity contribution in [1.82, 2.24) is 5.43 Å². The molecule has 1 atom stereocenters. The Bertz CT molecular complexity index is 1500. The minimum Gasteiger partial charge on any atom is -0.456 e. The van der Waals surface area contributed by atoms with Crippen molar-refractivity contribution < 1.29 is 18.9 Å². The van der Waals surface area contributed by atoms with E-state index in [0.29, 0.717) is 5.76 Å². The van der Waals surface area contributed by atoms with Crippen LogP contribution in [0, 0.1) is 17.0 Å². The van der Waals surface area contributed by atoms with Crippen LogP contribution in [0.4, 0.5) is 5.88 Å². The zero-order valence-electron chi connectivity index (χ0n) is 19.3. The van der Waals surface area contributed by atoms with Gasteiger partial charge in [0, 0.05) is 22.6 Å². The molecular formula is C28H21N3O5. The van der Waals surface area contributed by atoms with Crippen molar-refractivity contribution in [2.24, 2.45) is 5.10 Å². The average Bonchev–Trinajstić information content (AvgIpc) is 3.40. The molecule has 4 aromatic rings. The second kappa shape index (κ2) is 9.71. The number of nitrogens with zero attached hydrogens (tertiary/aromatic N) is 2. The zero-order chi connectivity index (χ0) is 25.1. The van der Waals surface area contributed by atoms with Crippen LogP contribution >= 0.6 is 0 Å². The Labute approximate surface area is 206 Å². The van der Waals surface area contributed by atoms with Gasteiger partial charge in [0.2, 0.25) is 5.76 Å². The highest BCUT2D eigenvalue weighted by molar-refractivity contribution is 5.96. The number of rotatable bonds is 6. The number of ether oxygens (including phenoxy) is 1. The summed E-state index contributed by atoms with van der Waals surface area (Å²) < 4.78 is 11.3. The van der Waals surface area contributed by atoms with E-state index in [1.807, 2.05) is 66.7 Å². The largest absolute Gasteiger partial charge is 0.456 e. The maximum Gasteiger partial charge on any atom is 0.433 e. The van der Waals surface area contributed by atoms with Crippen molar-refractivity contribution in [3.8, 4) is 5.75 Å². The smallest absolute Gasteiger partial charge is 0.433 e. The molecular weight excluding hydrogens is 458 g/mol. The van der Waals surface area contributed by atoms with E-state index in [1.165, 1.54) is 6.07 Å². The van der Waals surface area contributed by atoms with Gasteiger partial charge in [-0.2, -0.15) is 5.10 Å². The highest BCUT2D eigenvalue weighted by Crippen LogP contribution is 2.45. The fourth-order valence-electron chi connectivity index (χ4n) is 4.24. The number of hydrogen-bond donors (Lipinski definition) is 1. The monoisotopic (exact) mass is 479 g/mol. The summed E-state index contributed by atoms with van der Waals surface area (Å²) in [5.41, 5.74) is 7.17. The van der Waals surface area contributed by atoms with E-state index < -0.39 is 16.7 Å². The fraction of sp³-hybridized carbons (Fsp3) is 0.0714. The number of benzene rings is 3. The minimum absolute atomic E-state index is 0.211. The van der Waals surface area contributed by atoms with Crippen molar-refractivity contribution in [3.63, 3.8) is 0 Å². The molecule has 0 spiro atoms. The molecule has 1 amide bonds. The first-order valence-electron chi connectivity index (χ1n) is 11.2. The Morgan fingerprint density at radius 1 is 0.944 bits per heavy atom. The van der Waals surface area contributed by atoms with E-state index in [0.717, 1.165) is 39.6 Å². The lowest BCUT2D eigenvalue weighted by Crippen LogP contribution is -2.21. The van der Waals surface area contributed by atoms with Crippen LogP contribution in [0.1, 0.15) is 38.7 Å². The Morgan fingerprint density at radius 2 is 1.64 bits per heavy atom. The number of nitro groups is 1. The predicted molar refractivity (Wildman–Crippen MR) is 135 cm³/mol. The number of hydrazone groups is 1. The summed E-state index contributed by atoms with van der Waals surface area (Å²) >= 11 is 0. The third kappa shape index (κ3) is 4.39. The molecule has 0 radical (unpaired) electrons. The SMILES string of the molecule is Cc1ccccc1[C@@H]1C(/C=N\NC(=O)c2ccc([N+](=O)[O-])o2)=C(c2ccccc2)Oc2ccccc21. The van der Waals surface area contributed by atoms with E-state index in [4.69, 9.17) is 9.15 Å². The van der Waals surface area contributed by atoms with E-state index in [1.54, 1.807) is 6.21 Å². The zero-order valence-corrected chi connectivity index (χ0v) is 19.3. The van der Waals surface area contributed by atoms with Gasteiger partial charge in [-0.3, -0.25) is 14.9 Å². The second-order valence-electron chi connectivity index (χ2n) is 8.17. The first kappa shape index (κ1) is 22.8. The quantitative estimate of drug-likeness (QED) is 0.212. The molecule has 1 aliphatic rings. The lowest BCUT2D eigenvalue weighted by Gasteiger charge is -2.30. The van der Waals surface area contributed by atoms with Crippen LogP contribution in [-0.4, -0.2) is 17.0 Å². The highest BCUT2D eigenvalue weighted by Gasteiger charge is 2.31. The number of furan rings is 1. The van der Waals surface area contributed by atoms with Gasteiger partial charge in [0.25, 0.3) is 0 Å². The third-order valence-electron chi connectivity index (χ3n) is 5.92. The Morgan fingerprint density at radius 3 is 2.36 bits per heavy atom. The highest BCUT2D eigenvalue weighted by atomic mass is 16.6. The summed E-state index contributed by atoms with van der Waals surface area (Å²) in [5.74, 6) is -0.280. The van der Waals surface area contributed by atoms with Crippen LogP contribution in [0.3, 0.4) is 0 Å². The molecule has 8 nitrogen and oxygen atoms in total. The van der Waals surface area contributed by atoms with Gasteiger partial charge in [0.1, 0.15) is 16.4 Å². The van der Waals surface area contributed by atoms with E-state index >= 15 is 0 Å². The number of para-hydroxylation sites is 1. The molecule has 5 rings (SSSR count). The Balaban J connectivity index is 1.59. The van der Waals surface area contributed by atoms with Crippen LogP contribution in [0.2, 0.25) is 0 Å². The number of amides is 1. The maximum atomic E-state index is 12.5. The minimum atomic E-state index is -0.708. The van der Waals surface area contributed by atoms with Crippen LogP contribution in [0.15, 0.2) is 106 Å². The van der Waals surface area contributed by atoms with Crippen molar-refractivity contribution in [3.05, 3.63) is 135 Å². The molecule has 0 saturated heterocycles. The van der Waals surface area contributed by atoms with E-state index in [9.17, 15) is 14.9 Å². The van der Waals surface area contributed by atoms with Gasteiger partial charge in [-0.15, -0.1) is 0 Å². The summed E-state index contributed by atoms with van der Waals surface area (Å²) in [6, 6.07) is 28.0. The maximum absolute atomic E-state index is 12.5. The molecule has 1 aromatic heterocycles. The van der Waals surface area contributed by atoms with Crippen molar-refractivity contribution in [1.29, 1.82) is 0 Å². The number of allylic oxidation sites excluding steroid dienone is 1. The van der Waals surface area contributed by atoms with Crippen LogP contribution < -0.4 is 10.2 Å². The molecule has 3 aromatic carbocycles. The lowest BCUT2D eigenvalue weighted by atomic mass is 9.80. The van der Waals surface area contributed by atoms with E-state index in [2.05, 4.69) is 29.6 Å². The van der Waals surface area contributed by atoms with Gasteiger partial charge >= 0.3 is 11.8 Å². The van der Waals surface area contributed by atoms with E-state index in [-0.39, 0.29) is 11.7 Å². The number of nitrogens with one attached hydrogen (secondary N) is 1. The molecule has 1 N–H and O–H groups in total. The summed E-state index contributed by atoms with van der Waals surface area (Å²) in [6.07, 6.45) is 1.56. The average molecular weight is 479 g/mol. The van der Waals surface area contributed by atoms with Gasteiger partial charge in [0.15, 0.2) is 0 Å². The Hall–Kier alpha value is -4.98. The third-order valence-corrected chi connectivity index (χ3v) is 5.92. The molecule has 0 saturated carbocycles. The van der Waals surface area contributed by atoms with Crippen molar-refractivity contribution in [2.75, 3.05) is 0 Å². The van der Waals surface area contributed by atoms with Crippen molar-refractivity contribution in [2.45, 2.75) is 12.8 Å². The normalized spacial score (nSPS) is 14.9. The first-order chi connectivity index (χ1) is 17.5. The van der Waals surface area contributed by atoms with Gasteiger partial charge in [-0.05, 0) is 30.2 Å². The molecule has 0 fully saturated rings. The van der Waals surface area contributed by atoms with Crippen molar-refractivity contribution >= 4 is 23.8 Å². The van der Waals surface area contributed by atoms with Gasteiger partial charge in [-0.1, -0.05) is 72.8 Å². The summed E-state index contributed by atoms with van der Waals surface area (Å²) in [5, 5.41) is 15.0. The number of carbonyl (C=O) groups excluding carboxylic acids is 1. The molecule has 0 aliphatic carbocycles. The van der Waals surface area contributed by atoms with Gasteiger partial charge in [0.05, 0.1) is 12.3 Å². The fourth-order valence-corrected chi connectivity index (χ4v) is 4.24. The molecule has 1 aliphatic heterocycles. The summed E-state index contributed by atoms with van der Waals surface area (Å²) in [7, 11) is 0.